The second kappa shape index (κ2) is 9.88. The lowest BCUT2D eigenvalue weighted by atomic mass is 10.1. The Hall–Kier alpha value is -3.99. The number of fused-ring (bicyclic) bond motifs is 1. The quantitative estimate of drug-likeness (QED) is 0.305. The van der Waals surface area contributed by atoms with Crippen LogP contribution in [0.2, 0.25) is 0 Å². The molecule has 0 saturated carbocycles. The number of carbonyl (C=O) groups is 1. The number of hydrogen-bond acceptors (Lipinski definition) is 5. The molecule has 0 spiro atoms. The molecule has 0 fully saturated rings. The van der Waals surface area contributed by atoms with Gasteiger partial charge >= 0.3 is 5.97 Å². The highest BCUT2D eigenvalue weighted by molar-refractivity contribution is 6.09. The summed E-state index contributed by atoms with van der Waals surface area (Å²) in [7, 11) is 1.61. The molecule has 4 aromatic rings. The van der Waals surface area contributed by atoms with Crippen LogP contribution < -0.4 is 9.47 Å². The Labute approximate surface area is 186 Å². The number of esters is 1. The van der Waals surface area contributed by atoms with Gasteiger partial charge in [0.05, 0.1) is 13.7 Å². The highest BCUT2D eigenvalue weighted by Crippen LogP contribution is 2.36. The van der Waals surface area contributed by atoms with Crippen molar-refractivity contribution >= 4 is 23.0 Å². The molecule has 0 aliphatic carbocycles. The van der Waals surface area contributed by atoms with E-state index in [1.165, 1.54) is 0 Å². The van der Waals surface area contributed by atoms with Crippen LogP contribution in [0.1, 0.15) is 22.8 Å². The first kappa shape index (κ1) is 21.2. The van der Waals surface area contributed by atoms with Gasteiger partial charge in [-0.1, -0.05) is 36.4 Å². The molecule has 0 radical (unpaired) electrons. The van der Waals surface area contributed by atoms with Gasteiger partial charge in [0.25, 0.3) is 0 Å². The molecular formula is C27H24O5. The Balaban J connectivity index is 1.64. The summed E-state index contributed by atoms with van der Waals surface area (Å²) >= 11 is 0. The number of carbonyl (C=O) groups excluding carboxylic acids is 1. The van der Waals surface area contributed by atoms with Gasteiger partial charge in [-0.15, -0.1) is 0 Å². The molecule has 162 valence electrons. The summed E-state index contributed by atoms with van der Waals surface area (Å²) in [5.41, 5.74) is 2.84. The van der Waals surface area contributed by atoms with Crippen molar-refractivity contribution in [2.24, 2.45) is 0 Å². The molecule has 32 heavy (non-hydrogen) atoms. The summed E-state index contributed by atoms with van der Waals surface area (Å²) in [6.07, 6.45) is 3.95. The van der Waals surface area contributed by atoms with E-state index < -0.39 is 5.97 Å². The maximum Gasteiger partial charge on any atom is 0.342 e. The predicted molar refractivity (Wildman–Crippen MR) is 125 cm³/mol. The van der Waals surface area contributed by atoms with Gasteiger partial charge < -0.3 is 18.6 Å². The minimum Gasteiger partial charge on any atom is -0.497 e. The van der Waals surface area contributed by atoms with Crippen LogP contribution in [0.3, 0.4) is 0 Å². The molecule has 0 bridgehead atoms. The summed E-state index contributed by atoms with van der Waals surface area (Å²) in [5, 5.41) is 0.652. The van der Waals surface area contributed by atoms with Crippen molar-refractivity contribution in [3.8, 4) is 22.8 Å². The van der Waals surface area contributed by atoms with E-state index in [1.807, 2.05) is 78.9 Å². The number of hydrogen-bond donors (Lipinski definition) is 0. The van der Waals surface area contributed by atoms with Crippen molar-refractivity contribution in [2.75, 3.05) is 20.3 Å². The standard InChI is InChI=1S/C27H24O5/c1-3-30-27(28)25-23-18-22(31-17-7-10-19-8-5-4-6-9-19)15-16-24(23)32-26(25)20-11-13-21(29-2)14-12-20/h4-16,18H,3,17H2,1-2H3. The molecule has 4 rings (SSSR count). The van der Waals surface area contributed by atoms with Crippen molar-refractivity contribution in [3.63, 3.8) is 0 Å². The third kappa shape index (κ3) is 4.67. The number of furan rings is 1. The summed E-state index contributed by atoms with van der Waals surface area (Å²) in [6.45, 7) is 2.45. The van der Waals surface area contributed by atoms with Crippen LogP contribution in [0.15, 0.2) is 83.3 Å². The van der Waals surface area contributed by atoms with Gasteiger partial charge in [0.15, 0.2) is 0 Å². The second-order valence-electron chi connectivity index (χ2n) is 7.04. The van der Waals surface area contributed by atoms with E-state index >= 15 is 0 Å². The average Bonchev–Trinajstić information content (AvgIpc) is 3.21. The Morgan fingerprint density at radius 1 is 0.969 bits per heavy atom. The van der Waals surface area contributed by atoms with E-state index in [4.69, 9.17) is 18.6 Å². The maximum absolute atomic E-state index is 12.8. The monoisotopic (exact) mass is 428 g/mol. The lowest BCUT2D eigenvalue weighted by Crippen LogP contribution is -2.05. The van der Waals surface area contributed by atoms with Crippen molar-refractivity contribution in [1.29, 1.82) is 0 Å². The number of methoxy groups -OCH3 is 1. The van der Waals surface area contributed by atoms with Crippen LogP contribution in [0.5, 0.6) is 11.5 Å². The summed E-state index contributed by atoms with van der Waals surface area (Å²) in [5.74, 6) is 1.39. The van der Waals surface area contributed by atoms with Crippen molar-refractivity contribution < 1.29 is 23.4 Å². The molecular weight excluding hydrogens is 404 g/mol. The van der Waals surface area contributed by atoms with Crippen LogP contribution in [0.4, 0.5) is 0 Å². The van der Waals surface area contributed by atoms with Crippen LogP contribution in [0, 0.1) is 0 Å². The topological polar surface area (TPSA) is 57.9 Å². The van der Waals surface area contributed by atoms with Gasteiger partial charge in [-0.25, -0.2) is 4.79 Å². The van der Waals surface area contributed by atoms with E-state index in [-0.39, 0.29) is 6.61 Å². The van der Waals surface area contributed by atoms with Crippen LogP contribution in [-0.2, 0) is 4.74 Å². The van der Waals surface area contributed by atoms with E-state index in [9.17, 15) is 4.79 Å². The zero-order valence-electron chi connectivity index (χ0n) is 18.0. The van der Waals surface area contributed by atoms with Crippen molar-refractivity contribution in [2.45, 2.75) is 6.92 Å². The molecule has 0 aliphatic rings. The van der Waals surface area contributed by atoms with Crippen molar-refractivity contribution in [3.05, 3.63) is 90.0 Å². The molecule has 5 nitrogen and oxygen atoms in total. The number of benzene rings is 3. The molecule has 0 saturated heterocycles. The largest absolute Gasteiger partial charge is 0.497 e. The first-order chi connectivity index (χ1) is 15.7. The molecule has 0 aliphatic heterocycles. The lowest BCUT2D eigenvalue weighted by Gasteiger charge is -2.05. The fourth-order valence-electron chi connectivity index (χ4n) is 3.41. The van der Waals surface area contributed by atoms with Crippen LogP contribution in [0.25, 0.3) is 28.4 Å². The smallest absolute Gasteiger partial charge is 0.342 e. The number of ether oxygens (including phenoxy) is 3. The molecule has 0 atom stereocenters. The molecule has 0 N–H and O–H groups in total. The molecule has 1 aromatic heterocycles. The van der Waals surface area contributed by atoms with Crippen LogP contribution in [-0.4, -0.2) is 26.3 Å². The SMILES string of the molecule is CCOC(=O)c1c(-c2ccc(OC)cc2)oc2ccc(OCC=Cc3ccccc3)cc12. The van der Waals surface area contributed by atoms with E-state index in [1.54, 1.807) is 20.1 Å². The first-order valence-corrected chi connectivity index (χ1v) is 10.4. The van der Waals surface area contributed by atoms with Gasteiger partial charge in [-0.2, -0.15) is 0 Å². The third-order valence-electron chi connectivity index (χ3n) is 4.95. The zero-order chi connectivity index (χ0) is 22.3. The third-order valence-corrected chi connectivity index (χ3v) is 4.95. The summed E-state index contributed by atoms with van der Waals surface area (Å²) < 4.78 is 22.5. The van der Waals surface area contributed by atoms with Crippen LogP contribution >= 0.6 is 0 Å². The Kier molecular flexibility index (Phi) is 6.56. The summed E-state index contributed by atoms with van der Waals surface area (Å²) in [4.78, 5) is 12.8. The van der Waals surface area contributed by atoms with E-state index in [2.05, 4.69) is 0 Å². The average molecular weight is 428 g/mol. The first-order valence-electron chi connectivity index (χ1n) is 10.4. The molecule has 0 amide bonds. The van der Waals surface area contributed by atoms with Gasteiger partial charge in [0, 0.05) is 10.9 Å². The van der Waals surface area contributed by atoms with Gasteiger partial charge in [0.2, 0.25) is 0 Å². The Bertz CT molecular complexity index is 1220. The van der Waals surface area contributed by atoms with Crippen molar-refractivity contribution in [1.82, 2.24) is 0 Å². The van der Waals surface area contributed by atoms with Gasteiger partial charge in [0.1, 0.15) is 35.0 Å². The highest BCUT2D eigenvalue weighted by Gasteiger charge is 2.23. The molecule has 3 aromatic carbocycles. The fourth-order valence-corrected chi connectivity index (χ4v) is 3.41. The molecule has 5 heteroatoms. The maximum atomic E-state index is 12.8. The molecule has 1 heterocycles. The fraction of sp³-hybridized carbons (Fsp3) is 0.148. The van der Waals surface area contributed by atoms with E-state index in [0.29, 0.717) is 34.6 Å². The highest BCUT2D eigenvalue weighted by atomic mass is 16.5. The zero-order valence-corrected chi connectivity index (χ0v) is 18.0. The normalized spacial score (nSPS) is 11.1. The predicted octanol–water partition coefficient (Wildman–Crippen LogP) is 6.38. The van der Waals surface area contributed by atoms with E-state index in [0.717, 1.165) is 16.9 Å². The minimum atomic E-state index is -0.432. The minimum absolute atomic E-state index is 0.272. The van der Waals surface area contributed by atoms with Gasteiger partial charge in [-0.05, 0) is 61.0 Å². The number of rotatable bonds is 8. The molecule has 0 unspecified atom stereocenters. The Morgan fingerprint density at radius 2 is 1.72 bits per heavy atom. The second-order valence-corrected chi connectivity index (χ2v) is 7.04. The lowest BCUT2D eigenvalue weighted by molar-refractivity contribution is 0.0528. The Morgan fingerprint density at radius 3 is 2.44 bits per heavy atom. The van der Waals surface area contributed by atoms with Gasteiger partial charge in [-0.3, -0.25) is 0 Å². The summed E-state index contributed by atoms with van der Waals surface area (Å²) in [6, 6.07) is 22.8.